The third kappa shape index (κ3) is 6.74. The number of ether oxygens (including phenoxy) is 2. The van der Waals surface area contributed by atoms with Gasteiger partial charge in [-0.2, -0.15) is 0 Å². The van der Waals surface area contributed by atoms with Crippen LogP contribution in [0.3, 0.4) is 0 Å². The smallest absolute Gasteiger partial charge is 0.305 e. The second-order valence-corrected chi connectivity index (χ2v) is 6.75. The Hall–Kier alpha value is -2.88. The van der Waals surface area contributed by atoms with E-state index in [4.69, 9.17) is 9.47 Å². The van der Waals surface area contributed by atoms with Crippen LogP contribution in [0.2, 0.25) is 0 Å². The molecule has 4 heteroatoms. The van der Waals surface area contributed by atoms with Crippen molar-refractivity contribution in [1.82, 2.24) is 0 Å². The van der Waals surface area contributed by atoms with E-state index in [1.807, 2.05) is 48.5 Å². The first kappa shape index (κ1) is 20.4. The van der Waals surface area contributed by atoms with Crippen molar-refractivity contribution in [2.75, 3.05) is 0 Å². The fourth-order valence-electron chi connectivity index (χ4n) is 2.70. The van der Waals surface area contributed by atoms with Crippen LogP contribution in [0, 0.1) is 0 Å². The van der Waals surface area contributed by atoms with Crippen LogP contribution in [-0.2, 0) is 25.5 Å². The average molecular weight is 366 g/mol. The van der Waals surface area contributed by atoms with Crippen molar-refractivity contribution >= 4 is 18.0 Å². The highest BCUT2D eigenvalue weighted by atomic mass is 16.7. The molecule has 0 N–H and O–H groups in total. The Morgan fingerprint density at radius 2 is 1.44 bits per heavy atom. The maximum absolute atomic E-state index is 11.5. The third-order valence-corrected chi connectivity index (χ3v) is 4.06. The van der Waals surface area contributed by atoms with E-state index in [1.54, 1.807) is 0 Å². The second-order valence-electron chi connectivity index (χ2n) is 6.75. The largest absolute Gasteiger partial charge is 0.421 e. The first-order valence-corrected chi connectivity index (χ1v) is 9.04. The van der Waals surface area contributed by atoms with Gasteiger partial charge in [-0.05, 0) is 28.7 Å². The number of hydrogen-bond donors (Lipinski definition) is 0. The summed E-state index contributed by atoms with van der Waals surface area (Å²) in [6.45, 7) is 6.88. The molecule has 0 atom stereocenters. The SMILES string of the molecule is CC(=O)OC(OC(C)=O)C(=Cc1ccc(C(C)C)cc1)Cc1ccccc1. The van der Waals surface area contributed by atoms with Crippen LogP contribution in [0.5, 0.6) is 0 Å². The Bertz CT molecular complexity index is 773. The molecule has 0 heterocycles. The topological polar surface area (TPSA) is 52.6 Å². The quantitative estimate of drug-likeness (QED) is 0.517. The van der Waals surface area contributed by atoms with Gasteiger partial charge in [0.1, 0.15) is 0 Å². The molecule has 2 aromatic rings. The molecule has 0 amide bonds. The first-order valence-electron chi connectivity index (χ1n) is 9.04. The van der Waals surface area contributed by atoms with E-state index in [-0.39, 0.29) is 0 Å². The van der Waals surface area contributed by atoms with E-state index in [0.29, 0.717) is 17.9 Å². The monoisotopic (exact) mass is 366 g/mol. The van der Waals surface area contributed by atoms with Gasteiger partial charge < -0.3 is 9.47 Å². The Morgan fingerprint density at radius 1 is 0.889 bits per heavy atom. The molecular formula is C23H26O4. The zero-order chi connectivity index (χ0) is 19.8. The number of carbonyl (C=O) groups is 2. The Morgan fingerprint density at radius 3 is 1.93 bits per heavy atom. The van der Waals surface area contributed by atoms with Crippen LogP contribution in [0.15, 0.2) is 60.2 Å². The summed E-state index contributed by atoms with van der Waals surface area (Å²) in [5, 5.41) is 0. The third-order valence-electron chi connectivity index (χ3n) is 4.06. The molecule has 4 nitrogen and oxygen atoms in total. The maximum Gasteiger partial charge on any atom is 0.305 e. The molecule has 0 radical (unpaired) electrons. The number of carbonyl (C=O) groups excluding carboxylic acids is 2. The fourth-order valence-corrected chi connectivity index (χ4v) is 2.70. The molecule has 27 heavy (non-hydrogen) atoms. The minimum absolute atomic E-state index is 0.446. The summed E-state index contributed by atoms with van der Waals surface area (Å²) in [5.41, 5.74) is 3.93. The predicted molar refractivity (Wildman–Crippen MR) is 106 cm³/mol. The summed E-state index contributed by atoms with van der Waals surface area (Å²) in [7, 11) is 0. The average Bonchev–Trinajstić information content (AvgIpc) is 2.61. The van der Waals surface area contributed by atoms with Crippen LogP contribution in [0.4, 0.5) is 0 Å². The van der Waals surface area contributed by atoms with Crippen molar-refractivity contribution in [3.05, 3.63) is 76.9 Å². The van der Waals surface area contributed by atoms with Crippen LogP contribution < -0.4 is 0 Å². The molecule has 0 aliphatic heterocycles. The molecule has 0 bridgehead atoms. The highest BCUT2D eigenvalue weighted by Gasteiger charge is 2.21. The summed E-state index contributed by atoms with van der Waals surface area (Å²) >= 11 is 0. The number of hydrogen-bond acceptors (Lipinski definition) is 4. The maximum atomic E-state index is 11.5. The molecule has 0 spiro atoms. The Labute approximate surface area is 160 Å². The van der Waals surface area contributed by atoms with Crippen molar-refractivity contribution in [3.63, 3.8) is 0 Å². The summed E-state index contributed by atoms with van der Waals surface area (Å²) in [6.07, 6.45) is 1.36. The van der Waals surface area contributed by atoms with Crippen molar-refractivity contribution in [2.45, 2.75) is 46.3 Å². The summed E-state index contributed by atoms with van der Waals surface area (Å²) < 4.78 is 10.6. The first-order chi connectivity index (χ1) is 12.8. The van der Waals surface area contributed by atoms with Crippen LogP contribution in [0.1, 0.15) is 50.3 Å². The number of esters is 2. The minimum atomic E-state index is -1.05. The molecule has 142 valence electrons. The molecule has 0 fully saturated rings. The second kappa shape index (κ2) is 9.72. The van der Waals surface area contributed by atoms with Gasteiger partial charge in [0, 0.05) is 25.8 Å². The predicted octanol–water partition coefficient (Wildman–Crippen LogP) is 4.89. The van der Waals surface area contributed by atoms with Gasteiger partial charge in [0.2, 0.25) is 0 Å². The molecular weight excluding hydrogens is 340 g/mol. The molecule has 0 saturated carbocycles. The summed E-state index contributed by atoms with van der Waals surface area (Å²) in [6, 6.07) is 18.0. The number of rotatable bonds is 7. The van der Waals surface area contributed by atoms with E-state index in [0.717, 1.165) is 11.1 Å². The summed E-state index contributed by atoms with van der Waals surface area (Å²) in [5.74, 6) is -0.563. The zero-order valence-corrected chi connectivity index (χ0v) is 16.3. The van der Waals surface area contributed by atoms with Gasteiger partial charge in [-0.1, -0.05) is 68.4 Å². The van der Waals surface area contributed by atoms with Crippen molar-refractivity contribution in [1.29, 1.82) is 0 Å². The highest BCUT2D eigenvalue weighted by Crippen LogP contribution is 2.21. The van der Waals surface area contributed by atoms with E-state index in [1.165, 1.54) is 19.4 Å². The Kier molecular flexibility index (Phi) is 7.35. The molecule has 0 unspecified atom stereocenters. The molecule has 0 aliphatic carbocycles. The Balaban J connectivity index is 2.39. The lowest BCUT2D eigenvalue weighted by Crippen LogP contribution is -2.25. The lowest BCUT2D eigenvalue weighted by atomic mass is 9.99. The van der Waals surface area contributed by atoms with Gasteiger partial charge >= 0.3 is 11.9 Å². The molecule has 2 aromatic carbocycles. The standard InChI is InChI=1S/C23H26O4/c1-16(2)21-12-10-20(11-13-21)15-22(14-19-8-6-5-7-9-19)23(26-17(3)24)27-18(4)25/h5-13,15-16,23H,14H2,1-4H3. The van der Waals surface area contributed by atoms with E-state index >= 15 is 0 Å². The zero-order valence-electron chi connectivity index (χ0n) is 16.3. The van der Waals surface area contributed by atoms with Gasteiger partial charge in [-0.25, -0.2) is 0 Å². The van der Waals surface area contributed by atoms with Crippen LogP contribution in [-0.4, -0.2) is 18.2 Å². The van der Waals surface area contributed by atoms with Crippen molar-refractivity contribution < 1.29 is 19.1 Å². The van der Waals surface area contributed by atoms with Gasteiger partial charge in [-0.15, -0.1) is 0 Å². The molecule has 2 rings (SSSR count). The van der Waals surface area contributed by atoms with Crippen LogP contribution in [0.25, 0.3) is 6.08 Å². The number of benzene rings is 2. The van der Waals surface area contributed by atoms with Gasteiger partial charge in [0.25, 0.3) is 6.29 Å². The van der Waals surface area contributed by atoms with Crippen molar-refractivity contribution in [2.24, 2.45) is 0 Å². The van der Waals surface area contributed by atoms with Gasteiger partial charge in [-0.3, -0.25) is 9.59 Å². The molecule has 0 aromatic heterocycles. The van der Waals surface area contributed by atoms with E-state index in [2.05, 4.69) is 26.0 Å². The van der Waals surface area contributed by atoms with Crippen molar-refractivity contribution in [3.8, 4) is 0 Å². The minimum Gasteiger partial charge on any atom is -0.421 e. The highest BCUT2D eigenvalue weighted by molar-refractivity contribution is 5.69. The van der Waals surface area contributed by atoms with Gasteiger partial charge in [0.05, 0.1) is 0 Å². The molecule has 0 aliphatic rings. The van der Waals surface area contributed by atoms with Gasteiger partial charge in [0.15, 0.2) is 0 Å². The fraction of sp³-hybridized carbons (Fsp3) is 0.304. The van der Waals surface area contributed by atoms with E-state index in [9.17, 15) is 9.59 Å². The lowest BCUT2D eigenvalue weighted by Gasteiger charge is -2.20. The summed E-state index contributed by atoms with van der Waals surface area (Å²) in [4.78, 5) is 23.0. The molecule has 0 saturated heterocycles. The van der Waals surface area contributed by atoms with Crippen LogP contribution >= 0.6 is 0 Å². The lowest BCUT2D eigenvalue weighted by molar-refractivity contribution is -0.178. The van der Waals surface area contributed by atoms with E-state index < -0.39 is 18.2 Å². The normalized spacial score (nSPS) is 11.6.